The van der Waals surface area contributed by atoms with Crippen LogP contribution in [0.15, 0.2) is 12.5 Å². The maximum Gasteiger partial charge on any atom is 0.272 e. The first-order chi connectivity index (χ1) is 8.53. The van der Waals surface area contributed by atoms with Gasteiger partial charge in [-0.2, -0.15) is 0 Å². The van der Waals surface area contributed by atoms with Gasteiger partial charge in [-0.3, -0.25) is 4.79 Å². The zero-order valence-corrected chi connectivity index (χ0v) is 11.3. The molecule has 1 amide bonds. The number of aryl methyl sites for hydroxylation is 1. The molecule has 1 heterocycles. The van der Waals surface area contributed by atoms with Crippen molar-refractivity contribution < 1.29 is 4.79 Å². The molecule has 0 saturated heterocycles. The average molecular weight is 266 g/mol. The molecule has 1 aromatic heterocycles. The van der Waals surface area contributed by atoms with Crippen molar-refractivity contribution >= 4 is 23.1 Å². The molecule has 5 nitrogen and oxygen atoms in total. The second-order valence-electron chi connectivity index (χ2n) is 4.89. The van der Waals surface area contributed by atoms with Crippen LogP contribution in [0.5, 0.6) is 0 Å². The maximum atomic E-state index is 12.1. The molecular formula is C12H18N4OS. The summed E-state index contributed by atoms with van der Waals surface area (Å²) in [6, 6.07) is 0. The quantitative estimate of drug-likeness (QED) is 0.805. The van der Waals surface area contributed by atoms with E-state index in [1.165, 1.54) is 6.42 Å². The number of thiocarbonyl (C=S) groups is 1. The maximum absolute atomic E-state index is 12.1. The van der Waals surface area contributed by atoms with Gasteiger partial charge in [-0.15, -0.1) is 0 Å². The molecule has 1 fully saturated rings. The Balaban J connectivity index is 2.14. The molecule has 3 N–H and O–H groups in total. The summed E-state index contributed by atoms with van der Waals surface area (Å²) in [7, 11) is 1.83. The summed E-state index contributed by atoms with van der Waals surface area (Å²) < 4.78 is 1.74. The average Bonchev–Trinajstić information content (AvgIpc) is 2.77. The lowest BCUT2D eigenvalue weighted by Gasteiger charge is -2.36. The number of nitrogens with zero attached hydrogens (tertiary/aromatic N) is 2. The van der Waals surface area contributed by atoms with Crippen LogP contribution in [0.4, 0.5) is 0 Å². The van der Waals surface area contributed by atoms with Crippen LogP contribution in [-0.2, 0) is 7.05 Å². The van der Waals surface area contributed by atoms with E-state index in [4.69, 9.17) is 18.0 Å². The molecular weight excluding hydrogens is 248 g/mol. The molecule has 98 valence electrons. The number of imidazole rings is 1. The van der Waals surface area contributed by atoms with E-state index in [9.17, 15) is 4.79 Å². The fraction of sp³-hybridized carbons (Fsp3) is 0.583. The third-order valence-corrected chi connectivity index (χ3v) is 3.86. The lowest BCUT2D eigenvalue weighted by Crippen LogP contribution is -2.57. The van der Waals surface area contributed by atoms with Crippen molar-refractivity contribution in [2.45, 2.75) is 37.6 Å². The second-order valence-corrected chi connectivity index (χ2v) is 5.33. The van der Waals surface area contributed by atoms with Crippen LogP contribution < -0.4 is 11.1 Å². The lowest BCUT2D eigenvalue weighted by molar-refractivity contribution is 0.0903. The number of nitrogens with one attached hydrogen (secondary N) is 1. The van der Waals surface area contributed by atoms with Crippen molar-refractivity contribution in [1.29, 1.82) is 0 Å². The van der Waals surface area contributed by atoms with Crippen LogP contribution in [-0.4, -0.2) is 26.0 Å². The third kappa shape index (κ3) is 2.53. The number of carbonyl (C=O) groups excluding carboxylic acids is 1. The highest BCUT2D eigenvalue weighted by atomic mass is 32.1. The van der Waals surface area contributed by atoms with Crippen LogP contribution in [0.2, 0.25) is 0 Å². The minimum absolute atomic E-state index is 0.203. The summed E-state index contributed by atoms with van der Waals surface area (Å²) >= 11 is 5.14. The number of aromatic nitrogens is 2. The summed E-state index contributed by atoms with van der Waals surface area (Å²) in [5.74, 6) is -0.203. The molecule has 0 aliphatic heterocycles. The molecule has 1 saturated carbocycles. The Morgan fingerprint density at radius 1 is 1.50 bits per heavy atom. The third-order valence-electron chi connectivity index (χ3n) is 3.47. The van der Waals surface area contributed by atoms with Gasteiger partial charge in [-0.25, -0.2) is 4.98 Å². The van der Waals surface area contributed by atoms with Crippen LogP contribution in [0.3, 0.4) is 0 Å². The lowest BCUT2D eigenvalue weighted by atomic mass is 9.81. The normalized spacial score (nSPS) is 18.3. The molecule has 6 heteroatoms. The van der Waals surface area contributed by atoms with E-state index >= 15 is 0 Å². The van der Waals surface area contributed by atoms with Crippen LogP contribution in [0.25, 0.3) is 0 Å². The van der Waals surface area contributed by atoms with Gasteiger partial charge >= 0.3 is 0 Å². The smallest absolute Gasteiger partial charge is 0.272 e. The van der Waals surface area contributed by atoms with Gasteiger partial charge in [0.15, 0.2) is 0 Å². The molecule has 0 spiro atoms. The predicted octanol–water partition coefficient (Wildman–Crippen LogP) is 1.14. The molecule has 1 aromatic rings. The molecule has 0 atom stereocenters. The van der Waals surface area contributed by atoms with Gasteiger partial charge in [0, 0.05) is 13.2 Å². The van der Waals surface area contributed by atoms with E-state index in [-0.39, 0.29) is 5.91 Å². The van der Waals surface area contributed by atoms with Crippen molar-refractivity contribution in [3.05, 3.63) is 18.2 Å². The summed E-state index contributed by atoms with van der Waals surface area (Å²) in [6.45, 7) is 0. The fourth-order valence-corrected chi connectivity index (χ4v) is 2.65. The highest BCUT2D eigenvalue weighted by Crippen LogP contribution is 2.28. The zero-order chi connectivity index (χ0) is 13.2. The fourth-order valence-electron chi connectivity index (χ4n) is 2.40. The Hall–Kier alpha value is -1.43. The minimum atomic E-state index is -0.526. The van der Waals surface area contributed by atoms with E-state index in [1.807, 2.05) is 7.05 Å². The van der Waals surface area contributed by atoms with Gasteiger partial charge in [-0.1, -0.05) is 31.5 Å². The van der Waals surface area contributed by atoms with Gasteiger partial charge in [-0.05, 0) is 12.8 Å². The van der Waals surface area contributed by atoms with E-state index in [1.54, 1.807) is 17.1 Å². The summed E-state index contributed by atoms with van der Waals surface area (Å²) in [5, 5.41) is 2.98. The number of carbonyl (C=O) groups is 1. The Bertz CT molecular complexity index is 462. The van der Waals surface area contributed by atoms with Gasteiger partial charge in [0.25, 0.3) is 5.91 Å². The Labute approximate surface area is 112 Å². The van der Waals surface area contributed by atoms with E-state index in [0.29, 0.717) is 10.7 Å². The van der Waals surface area contributed by atoms with Gasteiger partial charge < -0.3 is 15.6 Å². The van der Waals surface area contributed by atoms with Crippen LogP contribution >= 0.6 is 12.2 Å². The standard InChI is InChI=1S/C12H18N4OS/c1-16-7-9(14-8-16)10(17)15-12(11(13)18)5-3-2-4-6-12/h7-8H,2-6H2,1H3,(H2,13,18)(H,15,17). The topological polar surface area (TPSA) is 72.9 Å². The monoisotopic (exact) mass is 266 g/mol. The van der Waals surface area contributed by atoms with Crippen molar-refractivity contribution in [1.82, 2.24) is 14.9 Å². The largest absolute Gasteiger partial charge is 0.391 e. The first-order valence-electron chi connectivity index (χ1n) is 6.14. The van der Waals surface area contributed by atoms with E-state index in [0.717, 1.165) is 25.7 Å². The summed E-state index contributed by atoms with van der Waals surface area (Å²) in [4.78, 5) is 16.6. The van der Waals surface area contributed by atoms with Gasteiger partial charge in [0.05, 0.1) is 16.9 Å². The molecule has 1 aliphatic rings. The van der Waals surface area contributed by atoms with Crippen molar-refractivity contribution in [2.24, 2.45) is 12.8 Å². The minimum Gasteiger partial charge on any atom is -0.391 e. The molecule has 1 aliphatic carbocycles. The highest BCUT2D eigenvalue weighted by molar-refractivity contribution is 7.80. The first-order valence-corrected chi connectivity index (χ1v) is 6.55. The van der Waals surface area contributed by atoms with Crippen LogP contribution in [0.1, 0.15) is 42.6 Å². The number of nitrogens with two attached hydrogens (primary N) is 1. The van der Waals surface area contributed by atoms with Gasteiger partial charge in [0.2, 0.25) is 0 Å². The Kier molecular flexibility index (Phi) is 3.65. The summed E-state index contributed by atoms with van der Waals surface area (Å²) in [5.41, 5.74) is 5.70. The number of hydrogen-bond acceptors (Lipinski definition) is 3. The second kappa shape index (κ2) is 5.06. The molecule has 0 bridgehead atoms. The molecule has 18 heavy (non-hydrogen) atoms. The SMILES string of the molecule is Cn1cnc(C(=O)NC2(C(N)=S)CCCCC2)c1. The number of hydrogen-bond donors (Lipinski definition) is 2. The van der Waals surface area contributed by atoms with Crippen molar-refractivity contribution in [3.8, 4) is 0 Å². The first kappa shape index (κ1) is 13.0. The molecule has 0 unspecified atom stereocenters. The Morgan fingerprint density at radius 2 is 2.17 bits per heavy atom. The van der Waals surface area contributed by atoms with Crippen molar-refractivity contribution in [3.63, 3.8) is 0 Å². The molecule has 0 aromatic carbocycles. The number of amides is 1. The Morgan fingerprint density at radius 3 is 2.67 bits per heavy atom. The number of rotatable bonds is 3. The highest BCUT2D eigenvalue weighted by Gasteiger charge is 2.36. The molecule has 2 rings (SSSR count). The predicted molar refractivity (Wildman–Crippen MR) is 73.3 cm³/mol. The zero-order valence-electron chi connectivity index (χ0n) is 10.5. The molecule has 0 radical (unpaired) electrons. The van der Waals surface area contributed by atoms with Crippen molar-refractivity contribution in [2.75, 3.05) is 0 Å². The summed E-state index contributed by atoms with van der Waals surface area (Å²) in [6.07, 6.45) is 8.18. The van der Waals surface area contributed by atoms with Gasteiger partial charge in [0.1, 0.15) is 5.69 Å². The van der Waals surface area contributed by atoms with E-state index in [2.05, 4.69) is 10.3 Å². The van der Waals surface area contributed by atoms with E-state index < -0.39 is 5.54 Å². The van der Waals surface area contributed by atoms with Crippen LogP contribution in [0, 0.1) is 0 Å².